The third-order valence-corrected chi connectivity index (χ3v) is 4.65. The number of aryl methyl sites for hydroxylation is 1. The van der Waals surface area contributed by atoms with Gasteiger partial charge in [-0.3, -0.25) is 0 Å². The number of ether oxygens (including phenoxy) is 1. The summed E-state index contributed by atoms with van der Waals surface area (Å²) < 4.78 is 7.66. The maximum atomic E-state index is 9.97. The smallest absolute Gasteiger partial charge is 0.173 e. The van der Waals surface area contributed by atoms with Gasteiger partial charge in [0.1, 0.15) is 23.5 Å². The molecule has 3 rings (SSSR count). The molecule has 0 amide bonds. The summed E-state index contributed by atoms with van der Waals surface area (Å²) in [7, 11) is 1.89. The van der Waals surface area contributed by atoms with E-state index in [2.05, 4.69) is 4.98 Å². The average molecular weight is 296 g/mol. The lowest BCUT2D eigenvalue weighted by molar-refractivity contribution is -0.0784. The van der Waals surface area contributed by atoms with Crippen LogP contribution in [0.2, 0.25) is 0 Å². The molecule has 2 heterocycles. The molecule has 3 N–H and O–H groups in total. The number of aliphatic hydroxyl groups is 3. The summed E-state index contributed by atoms with van der Waals surface area (Å²) in [5.74, 6) is 0.879. The zero-order chi connectivity index (χ0) is 14.3. The number of rotatable bonds is 2. The molecule has 4 atom stereocenters. The number of nitrogens with zero attached hydrogens (tertiary/aromatic N) is 2. The Morgan fingerprint density at radius 3 is 2.90 bits per heavy atom. The number of hydrogen-bond donors (Lipinski definition) is 3. The Balaban J connectivity index is 1.86. The number of hydrogen-bond acceptors (Lipinski definition) is 6. The topological polar surface area (TPSA) is 87.7 Å². The van der Waals surface area contributed by atoms with Crippen LogP contribution < -0.4 is 4.74 Å². The van der Waals surface area contributed by atoms with Gasteiger partial charge in [-0.2, -0.15) is 0 Å². The first-order chi connectivity index (χ1) is 9.58. The largest absolute Gasteiger partial charge is 0.475 e. The lowest BCUT2D eigenvalue weighted by atomic mass is 10.1. The van der Waals surface area contributed by atoms with Crippen molar-refractivity contribution in [3.05, 3.63) is 24.5 Å². The third kappa shape index (κ3) is 2.26. The van der Waals surface area contributed by atoms with Crippen molar-refractivity contribution in [3.63, 3.8) is 0 Å². The molecule has 0 spiro atoms. The molecule has 0 bridgehead atoms. The molecule has 0 saturated carbocycles. The summed E-state index contributed by atoms with van der Waals surface area (Å²) in [4.78, 5) is 4.28. The van der Waals surface area contributed by atoms with Crippen LogP contribution in [0.25, 0.3) is 11.0 Å². The zero-order valence-electron chi connectivity index (χ0n) is 10.9. The van der Waals surface area contributed by atoms with Gasteiger partial charge in [0.2, 0.25) is 0 Å². The van der Waals surface area contributed by atoms with Crippen molar-refractivity contribution >= 4 is 22.8 Å². The van der Waals surface area contributed by atoms with Crippen LogP contribution in [0.5, 0.6) is 5.75 Å². The van der Waals surface area contributed by atoms with E-state index in [9.17, 15) is 15.3 Å². The van der Waals surface area contributed by atoms with E-state index in [1.54, 1.807) is 12.4 Å². The number of aromatic nitrogens is 2. The lowest BCUT2D eigenvalue weighted by Gasteiger charge is -2.34. The summed E-state index contributed by atoms with van der Waals surface area (Å²) in [6.45, 7) is 0. The summed E-state index contributed by atoms with van der Waals surface area (Å²) in [6.07, 6.45) is -1.56. The fraction of sp³-hybridized carbons (Fsp3) is 0.462. The Bertz CT molecular complexity index is 617. The van der Waals surface area contributed by atoms with Gasteiger partial charge in [0.15, 0.2) is 5.44 Å². The van der Waals surface area contributed by atoms with Crippen molar-refractivity contribution in [1.29, 1.82) is 0 Å². The van der Waals surface area contributed by atoms with E-state index in [0.717, 1.165) is 5.52 Å². The normalized spacial score (nSPS) is 30.6. The Hall–Kier alpha value is -1.28. The molecular formula is C13H16N2O4S. The minimum absolute atomic E-state index is 0.321. The van der Waals surface area contributed by atoms with Crippen molar-refractivity contribution < 1.29 is 20.1 Å². The van der Waals surface area contributed by atoms with Gasteiger partial charge in [-0.15, -0.1) is 11.8 Å². The standard InChI is InChI=1S/C13H16N2O4S/c1-15-6-14-10-7(15)3-2-4-9(10)19-13-12(18)11(17)8(16)5-20-13/h2-4,6,8,11-13,16-18H,5H2,1H3/t8-,11+,12-,13-/m1/s1. The molecule has 0 unspecified atom stereocenters. The highest BCUT2D eigenvalue weighted by atomic mass is 32.2. The second kappa shape index (κ2) is 5.25. The van der Waals surface area contributed by atoms with E-state index in [4.69, 9.17) is 4.74 Å². The zero-order valence-corrected chi connectivity index (χ0v) is 11.7. The van der Waals surface area contributed by atoms with Crippen LogP contribution >= 0.6 is 11.8 Å². The molecule has 6 nitrogen and oxygen atoms in total. The summed E-state index contributed by atoms with van der Waals surface area (Å²) >= 11 is 1.28. The van der Waals surface area contributed by atoms with Crippen LogP contribution in [0.3, 0.4) is 0 Å². The molecule has 7 heteroatoms. The van der Waals surface area contributed by atoms with Crippen LogP contribution in [-0.2, 0) is 7.05 Å². The Kier molecular flexibility index (Phi) is 3.59. The number of para-hydroxylation sites is 1. The van der Waals surface area contributed by atoms with Crippen LogP contribution in [0.1, 0.15) is 0 Å². The van der Waals surface area contributed by atoms with Crippen molar-refractivity contribution in [1.82, 2.24) is 9.55 Å². The Morgan fingerprint density at radius 2 is 2.10 bits per heavy atom. The molecule has 1 aromatic heterocycles. The van der Waals surface area contributed by atoms with Gasteiger partial charge in [-0.25, -0.2) is 4.98 Å². The molecule has 1 saturated heterocycles. The molecule has 0 aliphatic carbocycles. The van der Waals surface area contributed by atoms with Gasteiger partial charge >= 0.3 is 0 Å². The maximum absolute atomic E-state index is 9.97. The third-order valence-electron chi connectivity index (χ3n) is 3.42. The molecular weight excluding hydrogens is 280 g/mol. The van der Waals surface area contributed by atoms with Gasteiger partial charge in [0.05, 0.1) is 17.9 Å². The van der Waals surface area contributed by atoms with Crippen molar-refractivity contribution in [2.75, 3.05) is 5.75 Å². The van der Waals surface area contributed by atoms with E-state index in [-0.39, 0.29) is 0 Å². The molecule has 1 aliphatic rings. The highest BCUT2D eigenvalue weighted by molar-refractivity contribution is 7.99. The van der Waals surface area contributed by atoms with E-state index in [1.165, 1.54) is 11.8 Å². The van der Waals surface area contributed by atoms with E-state index >= 15 is 0 Å². The fourth-order valence-electron chi connectivity index (χ4n) is 2.23. The van der Waals surface area contributed by atoms with Gasteiger partial charge in [0, 0.05) is 12.8 Å². The van der Waals surface area contributed by atoms with Crippen molar-refractivity contribution in [2.45, 2.75) is 23.7 Å². The summed E-state index contributed by atoms with van der Waals surface area (Å²) in [5.41, 5.74) is 1.02. The number of thioether (sulfide) groups is 1. The van der Waals surface area contributed by atoms with Crippen LogP contribution in [-0.4, -0.2) is 54.4 Å². The Labute approximate surface area is 120 Å². The lowest BCUT2D eigenvalue weighted by Crippen LogP contribution is -2.50. The maximum Gasteiger partial charge on any atom is 0.173 e. The highest BCUT2D eigenvalue weighted by Crippen LogP contribution is 2.32. The predicted octanol–water partition coefficient (Wildman–Crippen LogP) is 0.108. The second-order valence-electron chi connectivity index (χ2n) is 4.85. The van der Waals surface area contributed by atoms with E-state index in [1.807, 2.05) is 23.7 Å². The van der Waals surface area contributed by atoms with Gasteiger partial charge in [-0.1, -0.05) is 6.07 Å². The average Bonchev–Trinajstić information content (AvgIpc) is 2.82. The molecule has 0 radical (unpaired) electrons. The number of fused-ring (bicyclic) bond motifs is 1. The highest BCUT2D eigenvalue weighted by Gasteiger charge is 2.38. The first-order valence-electron chi connectivity index (χ1n) is 6.30. The second-order valence-corrected chi connectivity index (χ2v) is 5.98. The van der Waals surface area contributed by atoms with Gasteiger partial charge in [-0.05, 0) is 12.1 Å². The van der Waals surface area contributed by atoms with Crippen LogP contribution in [0.15, 0.2) is 24.5 Å². The number of benzene rings is 1. The fourth-order valence-corrected chi connectivity index (χ4v) is 3.35. The quantitative estimate of drug-likeness (QED) is 0.729. The van der Waals surface area contributed by atoms with Crippen molar-refractivity contribution in [3.8, 4) is 5.75 Å². The summed E-state index contributed by atoms with van der Waals surface area (Å²) in [5, 5.41) is 29.2. The van der Waals surface area contributed by atoms with Crippen molar-refractivity contribution in [2.24, 2.45) is 7.05 Å². The molecule has 2 aromatic rings. The molecule has 1 fully saturated rings. The SMILES string of the molecule is Cn1cnc2c(O[C@@H]3SC[C@@H](O)[C@H](O)[C@H]3O)cccc21. The first-order valence-corrected chi connectivity index (χ1v) is 7.35. The predicted molar refractivity (Wildman–Crippen MR) is 75.6 cm³/mol. The van der Waals surface area contributed by atoms with Gasteiger partial charge in [0.25, 0.3) is 0 Å². The van der Waals surface area contributed by atoms with Gasteiger partial charge < -0.3 is 24.6 Å². The van der Waals surface area contributed by atoms with E-state index in [0.29, 0.717) is 17.0 Å². The number of aliphatic hydroxyl groups excluding tert-OH is 3. The monoisotopic (exact) mass is 296 g/mol. The molecule has 1 aromatic carbocycles. The summed E-state index contributed by atoms with van der Waals surface area (Å²) in [6, 6.07) is 5.56. The molecule has 20 heavy (non-hydrogen) atoms. The molecule has 1 aliphatic heterocycles. The minimum atomic E-state index is -1.19. The van der Waals surface area contributed by atoms with Crippen LogP contribution in [0.4, 0.5) is 0 Å². The van der Waals surface area contributed by atoms with Crippen LogP contribution in [0, 0.1) is 0 Å². The minimum Gasteiger partial charge on any atom is -0.475 e. The molecule has 108 valence electrons. The number of imidazole rings is 1. The Morgan fingerprint density at radius 1 is 1.30 bits per heavy atom. The first kappa shape index (κ1) is 13.7. The van der Waals surface area contributed by atoms with E-state index < -0.39 is 23.7 Å².